The molecule has 4 heteroatoms. The van der Waals surface area contributed by atoms with Gasteiger partial charge in [0, 0.05) is 37.8 Å². The molecule has 1 heterocycles. The second-order valence-electron chi connectivity index (χ2n) is 4.52. The molecule has 84 valence electrons. The zero-order chi connectivity index (χ0) is 10.7. The summed E-state index contributed by atoms with van der Waals surface area (Å²) in [4.78, 5) is 4.73. The van der Waals surface area contributed by atoms with Crippen molar-refractivity contribution in [2.75, 3.05) is 33.3 Å². The molecule has 1 rings (SSSR count). The number of piperazine rings is 1. The van der Waals surface area contributed by atoms with Crippen LogP contribution in [-0.4, -0.2) is 66.3 Å². The highest BCUT2D eigenvalue weighted by Crippen LogP contribution is 2.12. The van der Waals surface area contributed by atoms with Crippen molar-refractivity contribution >= 4 is 0 Å². The Hall–Kier alpha value is -0.160. The molecule has 4 nitrogen and oxygen atoms in total. The zero-order valence-corrected chi connectivity index (χ0v) is 9.48. The predicted octanol–water partition coefficient (Wildman–Crippen LogP) is -0.670. The molecule has 1 aliphatic heterocycles. The summed E-state index contributed by atoms with van der Waals surface area (Å²) in [6.07, 6.45) is 0. The first-order valence-corrected chi connectivity index (χ1v) is 5.35. The fourth-order valence-electron chi connectivity index (χ4n) is 2.05. The van der Waals surface area contributed by atoms with E-state index in [0.717, 1.165) is 19.6 Å². The second kappa shape index (κ2) is 5.07. The minimum atomic E-state index is -0.0993. The Morgan fingerprint density at radius 1 is 1.36 bits per heavy atom. The molecular weight excluding hydrogens is 178 g/mol. The van der Waals surface area contributed by atoms with Crippen LogP contribution in [0.2, 0.25) is 0 Å². The SMILES string of the molecule is CC1CN(CC(N)CO)CC(C)N1C. The summed E-state index contributed by atoms with van der Waals surface area (Å²) in [6, 6.07) is 1.05. The van der Waals surface area contributed by atoms with Crippen LogP contribution in [0.4, 0.5) is 0 Å². The number of rotatable bonds is 3. The Balaban J connectivity index is 2.41. The maximum Gasteiger partial charge on any atom is 0.0595 e. The van der Waals surface area contributed by atoms with E-state index in [1.807, 2.05) is 0 Å². The molecule has 0 bridgehead atoms. The average Bonchev–Trinajstić information content (AvgIpc) is 2.14. The quantitative estimate of drug-likeness (QED) is 0.636. The summed E-state index contributed by atoms with van der Waals surface area (Å²) in [7, 11) is 2.17. The van der Waals surface area contributed by atoms with Crippen LogP contribution >= 0.6 is 0 Å². The van der Waals surface area contributed by atoms with Crippen molar-refractivity contribution in [3.8, 4) is 0 Å². The third-order valence-corrected chi connectivity index (χ3v) is 3.16. The summed E-state index contributed by atoms with van der Waals surface area (Å²) < 4.78 is 0. The Kier molecular flexibility index (Phi) is 4.31. The van der Waals surface area contributed by atoms with Crippen molar-refractivity contribution in [1.29, 1.82) is 0 Å². The maximum absolute atomic E-state index is 8.89. The number of hydrogen-bond acceptors (Lipinski definition) is 4. The number of nitrogens with zero attached hydrogens (tertiary/aromatic N) is 2. The van der Waals surface area contributed by atoms with E-state index in [1.54, 1.807) is 0 Å². The standard InChI is InChI=1S/C10H23N3O/c1-8-4-13(6-10(11)7-14)5-9(2)12(8)3/h8-10,14H,4-7,11H2,1-3H3. The smallest absolute Gasteiger partial charge is 0.0595 e. The van der Waals surface area contributed by atoms with Crippen LogP contribution in [0.5, 0.6) is 0 Å². The first-order chi connectivity index (χ1) is 6.54. The summed E-state index contributed by atoms with van der Waals surface area (Å²) in [6.45, 7) is 7.44. The van der Waals surface area contributed by atoms with Gasteiger partial charge in [0.2, 0.25) is 0 Å². The molecule has 0 amide bonds. The van der Waals surface area contributed by atoms with E-state index in [0.29, 0.717) is 12.1 Å². The van der Waals surface area contributed by atoms with E-state index < -0.39 is 0 Å². The van der Waals surface area contributed by atoms with Gasteiger partial charge in [-0.25, -0.2) is 0 Å². The Morgan fingerprint density at radius 3 is 2.29 bits per heavy atom. The summed E-state index contributed by atoms with van der Waals surface area (Å²) in [5, 5.41) is 8.89. The lowest BCUT2D eigenvalue weighted by Gasteiger charge is -2.43. The van der Waals surface area contributed by atoms with Gasteiger partial charge in [0.05, 0.1) is 6.61 Å². The summed E-state index contributed by atoms with van der Waals surface area (Å²) in [5.41, 5.74) is 5.72. The molecule has 3 N–H and O–H groups in total. The van der Waals surface area contributed by atoms with Gasteiger partial charge in [-0.1, -0.05) is 0 Å². The molecule has 0 aromatic carbocycles. The van der Waals surface area contributed by atoms with Gasteiger partial charge in [0.15, 0.2) is 0 Å². The lowest BCUT2D eigenvalue weighted by molar-refractivity contribution is 0.0525. The van der Waals surface area contributed by atoms with Gasteiger partial charge in [-0.2, -0.15) is 0 Å². The van der Waals surface area contributed by atoms with Crippen LogP contribution in [0, 0.1) is 0 Å². The minimum absolute atomic E-state index is 0.0785. The second-order valence-corrected chi connectivity index (χ2v) is 4.52. The topological polar surface area (TPSA) is 52.7 Å². The van der Waals surface area contributed by atoms with Crippen LogP contribution < -0.4 is 5.73 Å². The number of nitrogens with two attached hydrogens (primary N) is 1. The van der Waals surface area contributed by atoms with Crippen LogP contribution in [0.1, 0.15) is 13.8 Å². The zero-order valence-electron chi connectivity index (χ0n) is 9.48. The maximum atomic E-state index is 8.89. The van der Waals surface area contributed by atoms with Gasteiger partial charge in [0.1, 0.15) is 0 Å². The third kappa shape index (κ3) is 2.92. The summed E-state index contributed by atoms with van der Waals surface area (Å²) >= 11 is 0. The number of hydrogen-bond donors (Lipinski definition) is 2. The lowest BCUT2D eigenvalue weighted by Crippen LogP contribution is -2.57. The molecule has 0 spiro atoms. The van der Waals surface area contributed by atoms with E-state index in [-0.39, 0.29) is 12.6 Å². The van der Waals surface area contributed by atoms with Gasteiger partial charge in [-0.05, 0) is 20.9 Å². The van der Waals surface area contributed by atoms with Crippen molar-refractivity contribution in [2.24, 2.45) is 5.73 Å². The van der Waals surface area contributed by atoms with Crippen molar-refractivity contribution < 1.29 is 5.11 Å². The van der Waals surface area contributed by atoms with E-state index in [4.69, 9.17) is 10.8 Å². The van der Waals surface area contributed by atoms with Crippen molar-refractivity contribution in [3.63, 3.8) is 0 Å². The fourth-order valence-corrected chi connectivity index (χ4v) is 2.05. The monoisotopic (exact) mass is 201 g/mol. The molecule has 0 aromatic rings. The van der Waals surface area contributed by atoms with E-state index >= 15 is 0 Å². The highest BCUT2D eigenvalue weighted by Gasteiger charge is 2.26. The average molecular weight is 201 g/mol. The molecule has 0 aliphatic carbocycles. The van der Waals surface area contributed by atoms with Crippen LogP contribution in [-0.2, 0) is 0 Å². The van der Waals surface area contributed by atoms with Crippen molar-refractivity contribution in [2.45, 2.75) is 32.0 Å². The molecule has 14 heavy (non-hydrogen) atoms. The third-order valence-electron chi connectivity index (χ3n) is 3.16. The fraction of sp³-hybridized carbons (Fsp3) is 1.00. The molecule has 0 saturated carbocycles. The van der Waals surface area contributed by atoms with Crippen LogP contribution in [0.3, 0.4) is 0 Å². The lowest BCUT2D eigenvalue weighted by atomic mass is 10.1. The van der Waals surface area contributed by atoms with Gasteiger partial charge < -0.3 is 10.8 Å². The summed E-state index contributed by atoms with van der Waals surface area (Å²) in [5.74, 6) is 0. The number of likely N-dealkylation sites (N-methyl/N-ethyl adjacent to an activating group) is 1. The molecule has 1 aliphatic rings. The van der Waals surface area contributed by atoms with Crippen molar-refractivity contribution in [3.05, 3.63) is 0 Å². The van der Waals surface area contributed by atoms with Crippen molar-refractivity contribution in [1.82, 2.24) is 9.80 Å². The van der Waals surface area contributed by atoms with Gasteiger partial charge in [0.25, 0.3) is 0 Å². The Morgan fingerprint density at radius 2 is 1.86 bits per heavy atom. The Bertz CT molecular complexity index is 162. The molecular formula is C10H23N3O. The van der Waals surface area contributed by atoms with Gasteiger partial charge in [-0.3, -0.25) is 9.80 Å². The van der Waals surface area contributed by atoms with E-state index in [9.17, 15) is 0 Å². The van der Waals surface area contributed by atoms with E-state index in [1.165, 1.54) is 0 Å². The van der Waals surface area contributed by atoms with E-state index in [2.05, 4.69) is 30.7 Å². The normalized spacial score (nSPS) is 33.2. The first kappa shape index (κ1) is 11.9. The molecule has 3 unspecified atom stereocenters. The van der Waals surface area contributed by atoms with Crippen LogP contribution in [0.15, 0.2) is 0 Å². The first-order valence-electron chi connectivity index (χ1n) is 5.35. The molecule has 3 atom stereocenters. The Labute approximate surface area is 86.7 Å². The van der Waals surface area contributed by atoms with Crippen LogP contribution in [0.25, 0.3) is 0 Å². The van der Waals surface area contributed by atoms with Gasteiger partial charge >= 0.3 is 0 Å². The number of aliphatic hydroxyl groups is 1. The number of aliphatic hydroxyl groups excluding tert-OH is 1. The molecule has 1 fully saturated rings. The largest absolute Gasteiger partial charge is 0.395 e. The highest BCUT2D eigenvalue weighted by molar-refractivity contribution is 4.84. The highest BCUT2D eigenvalue weighted by atomic mass is 16.3. The molecule has 0 radical (unpaired) electrons. The van der Waals surface area contributed by atoms with Gasteiger partial charge in [-0.15, -0.1) is 0 Å². The predicted molar refractivity (Wildman–Crippen MR) is 58.2 cm³/mol. The minimum Gasteiger partial charge on any atom is -0.395 e. The molecule has 1 saturated heterocycles. The molecule has 0 aromatic heterocycles.